The Bertz CT molecular complexity index is 1030. The van der Waals surface area contributed by atoms with Crippen LogP contribution in [0.5, 0.6) is 0 Å². The molecule has 31 heavy (non-hydrogen) atoms. The standard InChI is InChI=1S/C23H30FN5O2/c1-14(2)20-18-6-3-7-19(24)21(18)29(27-20)23-26-22(31-28-23)15-8-10-16(11-9-15)25-13-17-5-4-12-30-17/h3,6-7,14-17,25H,4-5,8-13H2,1-2H3/t15-,16-,17?. The van der Waals surface area contributed by atoms with Gasteiger partial charge in [0.05, 0.1) is 11.8 Å². The lowest BCUT2D eigenvalue weighted by Crippen LogP contribution is -2.37. The molecule has 7 nitrogen and oxygen atoms in total. The summed E-state index contributed by atoms with van der Waals surface area (Å²) in [7, 11) is 0. The maximum Gasteiger partial charge on any atom is 0.291 e. The largest absolute Gasteiger partial charge is 0.377 e. The maximum atomic E-state index is 14.6. The smallest absolute Gasteiger partial charge is 0.291 e. The topological polar surface area (TPSA) is 78.0 Å². The van der Waals surface area contributed by atoms with E-state index in [1.54, 1.807) is 6.07 Å². The maximum absolute atomic E-state index is 14.6. The highest BCUT2D eigenvalue weighted by Crippen LogP contribution is 2.33. The summed E-state index contributed by atoms with van der Waals surface area (Å²) >= 11 is 0. The van der Waals surface area contributed by atoms with Gasteiger partial charge in [0.1, 0.15) is 11.3 Å². The Morgan fingerprint density at radius 1 is 1.19 bits per heavy atom. The van der Waals surface area contributed by atoms with Crippen molar-refractivity contribution in [2.75, 3.05) is 13.2 Å². The van der Waals surface area contributed by atoms with Crippen LogP contribution in [0, 0.1) is 5.82 Å². The molecule has 2 aliphatic rings. The lowest BCUT2D eigenvalue weighted by molar-refractivity contribution is 0.105. The second-order valence-corrected chi connectivity index (χ2v) is 9.11. The molecule has 8 heteroatoms. The fourth-order valence-electron chi connectivity index (χ4n) is 4.85. The number of nitrogens with one attached hydrogen (secondary N) is 1. The Morgan fingerprint density at radius 3 is 2.77 bits per heavy atom. The van der Waals surface area contributed by atoms with E-state index in [0.29, 0.717) is 29.5 Å². The van der Waals surface area contributed by atoms with Gasteiger partial charge in [0.2, 0.25) is 5.89 Å². The first kappa shape index (κ1) is 20.6. The van der Waals surface area contributed by atoms with Gasteiger partial charge < -0.3 is 14.6 Å². The van der Waals surface area contributed by atoms with Crippen LogP contribution >= 0.6 is 0 Å². The SMILES string of the molecule is CC(C)c1nn(-c2noc([C@H]3CC[C@H](NCC4CCCO4)CC3)n2)c2c(F)cccc12. The number of ether oxygens (including phenoxy) is 1. The van der Waals surface area contributed by atoms with Crippen LogP contribution in [0.4, 0.5) is 4.39 Å². The van der Waals surface area contributed by atoms with Gasteiger partial charge in [-0.2, -0.15) is 14.8 Å². The fourth-order valence-corrected chi connectivity index (χ4v) is 4.85. The summed E-state index contributed by atoms with van der Waals surface area (Å²) in [6, 6.07) is 5.56. The van der Waals surface area contributed by atoms with Crippen LogP contribution in [0.2, 0.25) is 0 Å². The van der Waals surface area contributed by atoms with Crippen LogP contribution in [0.3, 0.4) is 0 Å². The molecule has 0 spiro atoms. The van der Waals surface area contributed by atoms with E-state index in [9.17, 15) is 4.39 Å². The molecule has 0 radical (unpaired) electrons. The van der Waals surface area contributed by atoms with E-state index >= 15 is 0 Å². The molecule has 0 amide bonds. The number of hydrogen-bond acceptors (Lipinski definition) is 6. The van der Waals surface area contributed by atoms with Crippen molar-refractivity contribution in [3.63, 3.8) is 0 Å². The molecule has 1 aromatic carbocycles. The average Bonchev–Trinajstić information content (AvgIpc) is 3.52. The van der Waals surface area contributed by atoms with Gasteiger partial charge in [-0.05, 0) is 55.7 Å². The third-order valence-corrected chi connectivity index (χ3v) is 6.58. The van der Waals surface area contributed by atoms with Gasteiger partial charge in [0, 0.05) is 30.5 Å². The Labute approximate surface area is 181 Å². The first-order chi connectivity index (χ1) is 15.1. The number of benzene rings is 1. The van der Waals surface area contributed by atoms with E-state index in [-0.39, 0.29) is 17.7 Å². The Hall–Kier alpha value is -2.32. The first-order valence-electron chi connectivity index (χ1n) is 11.5. The average molecular weight is 428 g/mol. The molecule has 5 rings (SSSR count). The van der Waals surface area contributed by atoms with Crippen molar-refractivity contribution < 1.29 is 13.7 Å². The molecule has 1 unspecified atom stereocenters. The summed E-state index contributed by atoms with van der Waals surface area (Å²) in [5, 5.41) is 13.2. The Balaban J connectivity index is 1.29. The van der Waals surface area contributed by atoms with Gasteiger partial charge in [-0.3, -0.25) is 0 Å². The summed E-state index contributed by atoms with van der Waals surface area (Å²) in [6.45, 7) is 5.93. The minimum absolute atomic E-state index is 0.161. The van der Waals surface area contributed by atoms with Gasteiger partial charge in [-0.1, -0.05) is 26.0 Å². The zero-order chi connectivity index (χ0) is 21.4. The number of halogens is 1. The normalized spacial score (nSPS) is 24.5. The molecule has 1 saturated heterocycles. The molecule has 3 heterocycles. The van der Waals surface area contributed by atoms with Crippen LogP contribution in [0.1, 0.15) is 75.8 Å². The number of aromatic nitrogens is 4. The molecule has 166 valence electrons. The van der Waals surface area contributed by atoms with Crippen molar-refractivity contribution in [1.82, 2.24) is 25.2 Å². The van der Waals surface area contributed by atoms with E-state index in [4.69, 9.17) is 9.26 Å². The summed E-state index contributed by atoms with van der Waals surface area (Å²) in [5.74, 6) is 0.989. The van der Waals surface area contributed by atoms with Crippen molar-refractivity contribution in [2.24, 2.45) is 0 Å². The van der Waals surface area contributed by atoms with E-state index < -0.39 is 0 Å². The highest BCUT2D eigenvalue weighted by molar-refractivity contribution is 5.84. The van der Waals surface area contributed by atoms with E-state index in [1.165, 1.54) is 17.2 Å². The van der Waals surface area contributed by atoms with Crippen molar-refractivity contribution in [3.8, 4) is 5.95 Å². The van der Waals surface area contributed by atoms with Gasteiger partial charge in [0.15, 0.2) is 0 Å². The number of rotatable bonds is 6. The van der Waals surface area contributed by atoms with Crippen LogP contribution < -0.4 is 5.32 Å². The van der Waals surface area contributed by atoms with E-state index in [0.717, 1.165) is 56.3 Å². The highest BCUT2D eigenvalue weighted by Gasteiger charge is 2.28. The molecule has 2 fully saturated rings. The molecule has 1 aliphatic heterocycles. The molecule has 0 bridgehead atoms. The molecule has 1 atom stereocenters. The number of fused-ring (bicyclic) bond motifs is 1. The van der Waals surface area contributed by atoms with Crippen LogP contribution in [0.15, 0.2) is 22.7 Å². The van der Waals surface area contributed by atoms with Crippen LogP contribution in [-0.2, 0) is 4.74 Å². The van der Waals surface area contributed by atoms with Crippen molar-refractivity contribution in [2.45, 2.75) is 76.4 Å². The van der Waals surface area contributed by atoms with Gasteiger partial charge >= 0.3 is 0 Å². The molecule has 1 saturated carbocycles. The number of hydrogen-bond donors (Lipinski definition) is 1. The predicted octanol–water partition coefficient (Wildman–Crippen LogP) is 4.47. The van der Waals surface area contributed by atoms with E-state index in [1.807, 2.05) is 19.9 Å². The molecular formula is C23H30FN5O2. The van der Waals surface area contributed by atoms with Crippen LogP contribution in [-0.4, -0.2) is 45.2 Å². The van der Waals surface area contributed by atoms with Gasteiger partial charge in [-0.25, -0.2) is 4.39 Å². The quantitative estimate of drug-likeness (QED) is 0.626. The molecule has 1 aliphatic carbocycles. The summed E-state index contributed by atoms with van der Waals surface area (Å²) < 4.78 is 27.4. The number of para-hydroxylation sites is 1. The fraction of sp³-hybridized carbons (Fsp3) is 0.609. The first-order valence-corrected chi connectivity index (χ1v) is 11.5. The number of nitrogens with zero attached hydrogens (tertiary/aromatic N) is 4. The second-order valence-electron chi connectivity index (χ2n) is 9.11. The molecule has 3 aromatic rings. The highest BCUT2D eigenvalue weighted by atomic mass is 19.1. The lowest BCUT2D eigenvalue weighted by atomic mass is 9.86. The van der Waals surface area contributed by atoms with Crippen molar-refractivity contribution in [1.29, 1.82) is 0 Å². The minimum Gasteiger partial charge on any atom is -0.377 e. The zero-order valence-electron chi connectivity index (χ0n) is 18.2. The van der Waals surface area contributed by atoms with Crippen molar-refractivity contribution in [3.05, 3.63) is 35.6 Å². The van der Waals surface area contributed by atoms with Gasteiger partial charge in [-0.15, -0.1) is 0 Å². The summed E-state index contributed by atoms with van der Waals surface area (Å²) in [6.07, 6.45) is 6.85. The molecule has 1 N–H and O–H groups in total. The van der Waals surface area contributed by atoms with Crippen LogP contribution in [0.25, 0.3) is 16.9 Å². The van der Waals surface area contributed by atoms with Gasteiger partial charge in [0.25, 0.3) is 5.95 Å². The van der Waals surface area contributed by atoms with Crippen molar-refractivity contribution >= 4 is 10.9 Å². The lowest BCUT2D eigenvalue weighted by Gasteiger charge is -2.28. The third-order valence-electron chi connectivity index (χ3n) is 6.58. The minimum atomic E-state index is -0.332. The summed E-state index contributed by atoms with van der Waals surface area (Å²) in [4.78, 5) is 4.62. The third kappa shape index (κ3) is 4.11. The zero-order valence-corrected chi connectivity index (χ0v) is 18.2. The monoisotopic (exact) mass is 427 g/mol. The Morgan fingerprint density at radius 2 is 2.03 bits per heavy atom. The Kier molecular flexibility index (Phi) is 5.75. The predicted molar refractivity (Wildman–Crippen MR) is 115 cm³/mol. The molecule has 2 aromatic heterocycles. The van der Waals surface area contributed by atoms with E-state index in [2.05, 4.69) is 20.6 Å². The second kappa shape index (κ2) is 8.67. The summed E-state index contributed by atoms with van der Waals surface area (Å²) in [5.41, 5.74) is 1.24. The molecular weight excluding hydrogens is 397 g/mol.